The Balaban J connectivity index is 1.13. The molecule has 0 bridgehead atoms. The summed E-state index contributed by atoms with van der Waals surface area (Å²) in [6.07, 6.45) is 0. The molecule has 0 spiro atoms. The quantitative estimate of drug-likeness (QED) is 0.165. The number of fused-ring (bicyclic) bond motifs is 14. The minimum atomic E-state index is -0.264. The molecule has 0 unspecified atom stereocenters. The Kier molecular flexibility index (Phi) is 6.53. The third-order valence-corrected chi connectivity index (χ3v) is 13.4. The van der Waals surface area contributed by atoms with E-state index in [-0.39, 0.29) is 10.8 Å². The molecule has 10 aromatic rings. The average molecular weight is 729 g/mol. The van der Waals surface area contributed by atoms with E-state index in [0.717, 1.165) is 11.2 Å². The summed E-state index contributed by atoms with van der Waals surface area (Å²) in [5.41, 5.74) is 19.8. The second-order valence-electron chi connectivity index (χ2n) is 17.1. The highest BCUT2D eigenvalue weighted by atomic mass is 16.3. The van der Waals surface area contributed by atoms with E-state index in [1.54, 1.807) is 0 Å². The topological polar surface area (TPSA) is 13.1 Å². The van der Waals surface area contributed by atoms with Crippen LogP contribution in [0.25, 0.3) is 99.1 Å². The SMILES string of the molecule is CC1(C)c2ccccc2-c2c1c1c(c3c2oc2ccccc23)-c2ccc(-c3c4ccccc4c(-c4cccc(-c5ccccc5)c4)c4ccccc34)cc2C1(C)C. The van der Waals surface area contributed by atoms with Crippen molar-refractivity contribution in [2.24, 2.45) is 0 Å². The van der Waals surface area contributed by atoms with Crippen molar-refractivity contribution in [3.05, 3.63) is 192 Å². The van der Waals surface area contributed by atoms with Gasteiger partial charge in [0.25, 0.3) is 0 Å². The van der Waals surface area contributed by atoms with E-state index >= 15 is 0 Å². The number of furan rings is 1. The van der Waals surface area contributed by atoms with E-state index < -0.39 is 0 Å². The van der Waals surface area contributed by atoms with E-state index in [0.29, 0.717) is 0 Å². The lowest BCUT2D eigenvalue weighted by molar-refractivity contribution is 0.600. The van der Waals surface area contributed by atoms with Crippen LogP contribution in [0.3, 0.4) is 0 Å². The lowest BCUT2D eigenvalue weighted by Gasteiger charge is -2.31. The van der Waals surface area contributed by atoms with Gasteiger partial charge in [-0.05, 0) is 112 Å². The summed E-state index contributed by atoms with van der Waals surface area (Å²) < 4.78 is 6.92. The first kappa shape index (κ1) is 32.5. The molecule has 1 nitrogen and oxygen atoms in total. The Morgan fingerprint density at radius 1 is 0.351 bits per heavy atom. The van der Waals surface area contributed by atoms with Gasteiger partial charge in [-0.15, -0.1) is 0 Å². The first-order valence-corrected chi connectivity index (χ1v) is 20.2. The van der Waals surface area contributed by atoms with Crippen LogP contribution in [0.15, 0.2) is 174 Å². The Bertz CT molecular complexity index is 3280. The van der Waals surface area contributed by atoms with Crippen molar-refractivity contribution in [1.29, 1.82) is 0 Å². The minimum absolute atomic E-state index is 0.189. The van der Waals surface area contributed by atoms with Crippen LogP contribution in [0.4, 0.5) is 0 Å². The maximum atomic E-state index is 6.92. The molecule has 57 heavy (non-hydrogen) atoms. The van der Waals surface area contributed by atoms with Crippen molar-refractivity contribution in [3.63, 3.8) is 0 Å². The van der Waals surface area contributed by atoms with E-state index in [9.17, 15) is 0 Å². The second kappa shape index (κ2) is 11.4. The van der Waals surface area contributed by atoms with Crippen LogP contribution < -0.4 is 0 Å². The standard InChI is InChI=1S/C56H40O/c1-55(2)44-27-14-12-25-41(44)51-53(55)52-49(50-43-26-13-15-28-46(43)57-54(50)51)42-30-29-36(32-45(42)56(52,3)4)48-39-23-10-8-21-37(39)47(38-22-9-11-24-40(38)48)35-20-16-19-34(31-35)33-17-6-5-7-18-33/h5-32H,1-4H3. The number of rotatable bonds is 3. The van der Waals surface area contributed by atoms with Crippen molar-refractivity contribution in [1.82, 2.24) is 0 Å². The average Bonchev–Trinajstić information content (AvgIpc) is 3.82. The molecule has 9 aromatic carbocycles. The highest BCUT2D eigenvalue weighted by Crippen LogP contribution is 2.63. The predicted molar refractivity (Wildman–Crippen MR) is 240 cm³/mol. The molecule has 0 amide bonds. The molecular weight excluding hydrogens is 689 g/mol. The van der Waals surface area contributed by atoms with Crippen LogP contribution in [0.1, 0.15) is 49.9 Å². The van der Waals surface area contributed by atoms with Gasteiger partial charge in [0.05, 0.1) is 0 Å². The van der Waals surface area contributed by atoms with Gasteiger partial charge in [0.15, 0.2) is 0 Å². The Morgan fingerprint density at radius 3 is 1.56 bits per heavy atom. The molecule has 0 radical (unpaired) electrons. The van der Waals surface area contributed by atoms with Gasteiger partial charge in [-0.3, -0.25) is 0 Å². The molecule has 0 saturated carbocycles. The number of benzene rings is 9. The molecule has 0 atom stereocenters. The third kappa shape index (κ3) is 4.29. The van der Waals surface area contributed by atoms with Crippen molar-refractivity contribution >= 4 is 43.5 Å². The first-order chi connectivity index (χ1) is 27.8. The van der Waals surface area contributed by atoms with Crippen LogP contribution in [0.2, 0.25) is 0 Å². The highest BCUT2D eigenvalue weighted by Gasteiger charge is 2.48. The lowest BCUT2D eigenvalue weighted by atomic mass is 9.72. The van der Waals surface area contributed by atoms with Crippen molar-refractivity contribution in [2.45, 2.75) is 38.5 Å². The van der Waals surface area contributed by atoms with Crippen LogP contribution in [0, 0.1) is 0 Å². The zero-order valence-corrected chi connectivity index (χ0v) is 32.6. The summed E-state index contributed by atoms with van der Waals surface area (Å²) in [5.74, 6) is 0. The first-order valence-electron chi connectivity index (χ1n) is 20.2. The van der Waals surface area contributed by atoms with Gasteiger partial charge in [-0.2, -0.15) is 0 Å². The normalized spacial score (nSPS) is 14.6. The minimum Gasteiger partial charge on any atom is -0.455 e. The highest BCUT2D eigenvalue weighted by molar-refractivity contribution is 6.23. The fraction of sp³-hybridized carbons (Fsp3) is 0.107. The van der Waals surface area contributed by atoms with Crippen LogP contribution in [0.5, 0.6) is 0 Å². The van der Waals surface area contributed by atoms with Gasteiger partial charge in [0, 0.05) is 27.2 Å². The Hall–Kier alpha value is -6.70. The predicted octanol–water partition coefficient (Wildman–Crippen LogP) is 15.5. The fourth-order valence-corrected chi connectivity index (χ4v) is 10.9. The maximum absolute atomic E-state index is 6.92. The van der Waals surface area contributed by atoms with E-state index in [1.165, 1.54) is 110 Å². The molecule has 0 fully saturated rings. The summed E-state index contributed by atoms with van der Waals surface area (Å²) in [6, 6.07) is 62.7. The van der Waals surface area contributed by atoms with Gasteiger partial charge < -0.3 is 4.42 Å². The Morgan fingerprint density at radius 2 is 0.860 bits per heavy atom. The molecule has 0 saturated heterocycles. The molecule has 2 aliphatic rings. The van der Waals surface area contributed by atoms with Gasteiger partial charge >= 0.3 is 0 Å². The Labute approximate surface area is 332 Å². The van der Waals surface area contributed by atoms with E-state index in [2.05, 4.69) is 198 Å². The molecular formula is C56H40O. The van der Waals surface area contributed by atoms with Gasteiger partial charge in [-0.1, -0.05) is 179 Å². The molecule has 2 aliphatic carbocycles. The van der Waals surface area contributed by atoms with E-state index in [4.69, 9.17) is 4.42 Å². The van der Waals surface area contributed by atoms with E-state index in [1.807, 2.05) is 0 Å². The molecule has 12 rings (SSSR count). The van der Waals surface area contributed by atoms with Crippen LogP contribution in [-0.2, 0) is 10.8 Å². The van der Waals surface area contributed by atoms with Gasteiger partial charge in [0.1, 0.15) is 11.2 Å². The molecule has 1 aromatic heterocycles. The monoisotopic (exact) mass is 728 g/mol. The van der Waals surface area contributed by atoms with Crippen molar-refractivity contribution < 1.29 is 4.42 Å². The fourth-order valence-electron chi connectivity index (χ4n) is 10.9. The maximum Gasteiger partial charge on any atom is 0.144 e. The summed E-state index contributed by atoms with van der Waals surface area (Å²) >= 11 is 0. The third-order valence-electron chi connectivity index (χ3n) is 13.4. The molecule has 1 heteroatoms. The zero-order valence-electron chi connectivity index (χ0n) is 32.6. The van der Waals surface area contributed by atoms with Gasteiger partial charge in [-0.25, -0.2) is 0 Å². The van der Waals surface area contributed by atoms with Crippen molar-refractivity contribution in [3.8, 4) is 55.6 Å². The van der Waals surface area contributed by atoms with Crippen LogP contribution >= 0.6 is 0 Å². The van der Waals surface area contributed by atoms with Crippen LogP contribution in [-0.4, -0.2) is 0 Å². The summed E-state index contributed by atoms with van der Waals surface area (Å²) in [7, 11) is 0. The number of hydrogen-bond acceptors (Lipinski definition) is 1. The zero-order chi connectivity index (χ0) is 38.2. The molecule has 1 heterocycles. The second-order valence-corrected chi connectivity index (χ2v) is 17.1. The molecule has 0 N–H and O–H groups in total. The lowest BCUT2D eigenvalue weighted by Crippen LogP contribution is -2.24. The summed E-state index contributed by atoms with van der Waals surface area (Å²) in [6.45, 7) is 9.72. The molecule has 270 valence electrons. The summed E-state index contributed by atoms with van der Waals surface area (Å²) in [4.78, 5) is 0. The number of hydrogen-bond donors (Lipinski definition) is 0. The largest absolute Gasteiger partial charge is 0.455 e. The van der Waals surface area contributed by atoms with Crippen molar-refractivity contribution in [2.75, 3.05) is 0 Å². The number of para-hydroxylation sites is 1. The summed E-state index contributed by atoms with van der Waals surface area (Å²) in [5, 5.41) is 7.50. The van der Waals surface area contributed by atoms with Gasteiger partial charge in [0.2, 0.25) is 0 Å². The molecule has 0 aliphatic heterocycles. The smallest absolute Gasteiger partial charge is 0.144 e.